The molecule has 2 nitrogen and oxygen atoms in total. The minimum atomic E-state index is -0.728. The fraction of sp³-hybridized carbons (Fsp3) is 0.692. The molecular weight excluding hydrogens is 562 g/mol. The lowest BCUT2D eigenvalue weighted by Crippen LogP contribution is -2.57. The fourth-order valence-corrected chi connectivity index (χ4v) is 17.0. The third-order valence-corrected chi connectivity index (χ3v) is 16.0. The lowest BCUT2D eigenvalue weighted by Gasteiger charge is -2.54. The van der Waals surface area contributed by atoms with E-state index in [1.807, 2.05) is 0 Å². The van der Waals surface area contributed by atoms with Crippen molar-refractivity contribution in [3.05, 3.63) is 46.5 Å². The molecule has 4 heteroatoms. The van der Waals surface area contributed by atoms with Gasteiger partial charge in [0.2, 0.25) is 0 Å². The van der Waals surface area contributed by atoms with Crippen molar-refractivity contribution in [1.82, 2.24) is 0 Å². The van der Waals surface area contributed by atoms with Gasteiger partial charge in [-0.15, -0.1) is 0 Å². The first kappa shape index (κ1) is 34.8. The Balaban J connectivity index is 2.01. The molecule has 0 bridgehead atoms. The minimum absolute atomic E-state index is 0.0949. The molecule has 43 heavy (non-hydrogen) atoms. The molecule has 2 aromatic carbocycles. The predicted molar refractivity (Wildman–Crippen MR) is 194 cm³/mol. The van der Waals surface area contributed by atoms with Crippen molar-refractivity contribution in [2.75, 3.05) is 0 Å². The van der Waals surface area contributed by atoms with Gasteiger partial charge in [-0.05, 0) is 57.7 Å². The van der Waals surface area contributed by atoms with Gasteiger partial charge in [-0.25, -0.2) is 0 Å². The van der Waals surface area contributed by atoms with Gasteiger partial charge in [-0.1, -0.05) is 139 Å². The number of rotatable bonds is 2. The van der Waals surface area contributed by atoms with Crippen molar-refractivity contribution in [2.45, 2.75) is 175 Å². The van der Waals surface area contributed by atoms with Crippen molar-refractivity contribution in [3.63, 3.8) is 0 Å². The second-order valence-electron chi connectivity index (χ2n) is 18.9. The van der Waals surface area contributed by atoms with Crippen molar-refractivity contribution >= 4 is 26.5 Å². The van der Waals surface area contributed by atoms with Crippen molar-refractivity contribution in [1.29, 1.82) is 0 Å². The largest absolute Gasteiger partial charge is 0.451 e. The number of benzene rings is 2. The summed E-state index contributed by atoms with van der Waals surface area (Å²) in [5.41, 5.74) is 5.16. The number of fused-ring (bicyclic) bond motifs is 2. The van der Waals surface area contributed by atoms with E-state index in [4.69, 9.17) is 9.47 Å². The minimum Gasteiger partial charge on any atom is -0.451 e. The normalized spacial score (nSPS) is 19.6. The molecule has 4 rings (SSSR count). The Morgan fingerprint density at radius 1 is 0.512 bits per heavy atom. The van der Waals surface area contributed by atoms with Crippen molar-refractivity contribution in [3.8, 4) is 11.5 Å². The van der Waals surface area contributed by atoms with Gasteiger partial charge in [0.05, 0.1) is 0 Å². The molecule has 0 atom stereocenters. The molecule has 0 aliphatic carbocycles. The highest BCUT2D eigenvalue weighted by molar-refractivity contribution is 7.69. The second kappa shape index (κ2) is 10.5. The molecule has 1 spiro atoms. The summed E-state index contributed by atoms with van der Waals surface area (Å²) in [4.78, 5) is 0. The van der Waals surface area contributed by atoms with Crippen LogP contribution in [0.3, 0.4) is 0 Å². The summed E-state index contributed by atoms with van der Waals surface area (Å²) in [5.74, 6) is 1.47. The Morgan fingerprint density at radius 3 is 1.05 bits per heavy atom. The molecule has 2 aromatic rings. The highest BCUT2D eigenvalue weighted by Crippen LogP contribution is 2.64. The van der Waals surface area contributed by atoms with Crippen LogP contribution < -0.4 is 20.1 Å². The van der Waals surface area contributed by atoms with Crippen LogP contribution >= 0.6 is 15.8 Å². The first-order valence-corrected chi connectivity index (χ1v) is 19.1. The van der Waals surface area contributed by atoms with Crippen molar-refractivity contribution in [2.24, 2.45) is 0 Å². The molecule has 0 unspecified atom stereocenters. The SMILES string of the molecule is Cc1cc(P(C(C)(C)C)C(C)(C)C)c2c(c1)C(C)(C)CC1(CC(C)(C)c3cc(C)cc(P(C(C)(C)C)C(C)(C)C)c3O1)O2. The third kappa shape index (κ3) is 6.59. The monoisotopic (exact) mass is 624 g/mol. The molecule has 2 aliphatic rings. The lowest BCUT2D eigenvalue weighted by atomic mass is 9.69. The molecular formula is C39H62O2P2. The van der Waals surface area contributed by atoms with E-state index in [-0.39, 0.29) is 31.5 Å². The molecule has 0 radical (unpaired) electrons. The van der Waals surface area contributed by atoms with Gasteiger partial charge in [0.1, 0.15) is 11.5 Å². The molecule has 0 saturated heterocycles. The summed E-state index contributed by atoms with van der Waals surface area (Å²) in [6.07, 6.45) is 1.66. The van der Waals surface area contributed by atoms with Gasteiger partial charge in [0.25, 0.3) is 5.79 Å². The van der Waals surface area contributed by atoms with Crippen LogP contribution in [0.4, 0.5) is 0 Å². The first-order valence-electron chi connectivity index (χ1n) is 16.4. The predicted octanol–water partition coefficient (Wildman–Crippen LogP) is 11.2. The Morgan fingerprint density at radius 2 is 0.791 bits per heavy atom. The van der Waals surface area contributed by atoms with Gasteiger partial charge >= 0.3 is 0 Å². The summed E-state index contributed by atoms with van der Waals surface area (Å²) in [7, 11) is -1.11. The average Bonchev–Trinajstić information content (AvgIpc) is 2.71. The van der Waals surface area contributed by atoms with Crippen LogP contribution in [-0.2, 0) is 10.8 Å². The van der Waals surface area contributed by atoms with Gasteiger partial charge in [0.15, 0.2) is 0 Å². The summed E-state index contributed by atoms with van der Waals surface area (Å²) in [6.45, 7) is 43.1. The number of hydrogen-bond donors (Lipinski definition) is 0. The van der Waals surface area contributed by atoms with E-state index in [9.17, 15) is 0 Å². The van der Waals surface area contributed by atoms with Crippen LogP contribution in [0.25, 0.3) is 0 Å². The molecule has 0 N–H and O–H groups in total. The molecule has 0 fully saturated rings. The quantitative estimate of drug-likeness (QED) is 0.310. The molecule has 240 valence electrons. The molecule has 2 aliphatic heterocycles. The number of hydrogen-bond acceptors (Lipinski definition) is 2. The first-order chi connectivity index (χ1) is 19.1. The zero-order valence-corrected chi connectivity index (χ0v) is 32.7. The van der Waals surface area contributed by atoms with Gasteiger partial charge in [-0.2, -0.15) is 0 Å². The van der Waals surface area contributed by atoms with E-state index < -0.39 is 21.6 Å². The molecule has 0 saturated carbocycles. The van der Waals surface area contributed by atoms with Gasteiger partial charge < -0.3 is 9.47 Å². The Kier molecular flexibility index (Phi) is 8.46. The standard InChI is InChI=1S/C39H62O2P2/c1-25-19-27-31(29(21-25)42(33(3,4)5)34(6,7)8)40-39(23-37(27,15)16)24-38(17,18)28-20-26(2)22-30(32(28)41-39)43(35(9,10)11)36(12,13)14/h19-22H,23-24H2,1-18H3. The Hall–Kier alpha value is -1.10. The van der Waals surface area contributed by atoms with Gasteiger partial charge in [0, 0.05) is 45.4 Å². The maximum atomic E-state index is 7.48. The topological polar surface area (TPSA) is 18.5 Å². The smallest absolute Gasteiger partial charge is 0.253 e. The van der Waals surface area contributed by atoms with E-state index in [2.05, 4.69) is 149 Å². The molecule has 0 amide bonds. The van der Waals surface area contributed by atoms with Gasteiger partial charge in [-0.3, -0.25) is 0 Å². The lowest BCUT2D eigenvalue weighted by molar-refractivity contribution is -0.165. The number of ether oxygens (including phenoxy) is 2. The van der Waals surface area contributed by atoms with Crippen LogP contribution in [0.15, 0.2) is 24.3 Å². The average molecular weight is 625 g/mol. The van der Waals surface area contributed by atoms with E-state index in [0.29, 0.717) is 0 Å². The summed E-state index contributed by atoms with van der Waals surface area (Å²) in [5, 5.41) is 3.33. The maximum Gasteiger partial charge on any atom is 0.253 e. The third-order valence-electron chi connectivity index (χ3n) is 9.05. The van der Waals surface area contributed by atoms with E-state index >= 15 is 0 Å². The van der Waals surface area contributed by atoms with Crippen LogP contribution in [0.2, 0.25) is 0 Å². The molecule has 2 heterocycles. The summed E-state index contributed by atoms with van der Waals surface area (Å²) in [6, 6.07) is 9.65. The van der Waals surface area contributed by atoms with E-state index in [1.54, 1.807) is 0 Å². The van der Waals surface area contributed by atoms with Crippen LogP contribution in [0, 0.1) is 13.8 Å². The van der Waals surface area contributed by atoms with Crippen LogP contribution in [0.1, 0.15) is 146 Å². The van der Waals surface area contributed by atoms with E-state index in [1.165, 1.54) is 32.9 Å². The van der Waals surface area contributed by atoms with E-state index in [0.717, 1.165) is 24.3 Å². The zero-order chi connectivity index (χ0) is 32.9. The summed E-state index contributed by atoms with van der Waals surface area (Å²) >= 11 is 0. The Bertz CT molecular complexity index is 1250. The van der Waals surface area contributed by atoms with Crippen molar-refractivity contribution < 1.29 is 9.47 Å². The highest BCUT2D eigenvalue weighted by Gasteiger charge is 2.56. The zero-order valence-electron chi connectivity index (χ0n) is 30.9. The summed E-state index contributed by atoms with van der Waals surface area (Å²) < 4.78 is 15.0. The van der Waals surface area contributed by atoms with Crippen LogP contribution in [0.5, 0.6) is 11.5 Å². The maximum absolute atomic E-state index is 7.48. The fourth-order valence-electron chi connectivity index (χ4n) is 8.65. The number of aryl methyl sites for hydroxylation is 2. The van der Waals surface area contributed by atoms with Crippen LogP contribution in [-0.4, -0.2) is 26.4 Å². The highest BCUT2D eigenvalue weighted by atomic mass is 31.1. The molecule has 0 aromatic heterocycles. The second-order valence-corrected chi connectivity index (χ2v) is 26.6. The Labute approximate surface area is 268 Å².